The highest BCUT2D eigenvalue weighted by molar-refractivity contribution is 6.05. The van der Waals surface area contributed by atoms with Gasteiger partial charge in [0, 0.05) is 31.7 Å². The second kappa shape index (κ2) is 6.48. The summed E-state index contributed by atoms with van der Waals surface area (Å²) in [6, 6.07) is 15.9. The number of fused-ring (bicyclic) bond motifs is 3. The lowest BCUT2D eigenvalue weighted by Gasteiger charge is -2.21. The van der Waals surface area contributed by atoms with E-state index in [1.165, 1.54) is 0 Å². The number of benzene rings is 2. The van der Waals surface area contributed by atoms with Gasteiger partial charge in [0.1, 0.15) is 0 Å². The van der Waals surface area contributed by atoms with Crippen LogP contribution in [0, 0.1) is 5.92 Å². The van der Waals surface area contributed by atoms with E-state index in [2.05, 4.69) is 16.5 Å². The van der Waals surface area contributed by atoms with Crippen molar-refractivity contribution < 1.29 is 9.59 Å². The lowest BCUT2D eigenvalue weighted by atomic mass is 10.1. The van der Waals surface area contributed by atoms with Crippen molar-refractivity contribution in [2.75, 3.05) is 22.9 Å². The van der Waals surface area contributed by atoms with Crippen LogP contribution < -0.4 is 9.80 Å². The number of carbonyl (C=O) groups is 2. The minimum atomic E-state index is -0.330. The molecule has 5 rings (SSSR count). The fourth-order valence-electron chi connectivity index (χ4n) is 4.40. The molecule has 1 unspecified atom stereocenters. The van der Waals surface area contributed by atoms with E-state index in [9.17, 15) is 9.59 Å². The molecule has 1 aromatic heterocycles. The van der Waals surface area contributed by atoms with Crippen LogP contribution in [0.4, 0.5) is 11.6 Å². The maximum Gasteiger partial charge on any atom is 0.234 e. The summed E-state index contributed by atoms with van der Waals surface area (Å²) in [6.45, 7) is 3.87. The first-order valence-corrected chi connectivity index (χ1v) is 9.82. The molecular formula is C22H22N4O2. The molecule has 0 radical (unpaired) electrons. The van der Waals surface area contributed by atoms with E-state index in [1.54, 1.807) is 9.80 Å². The number of rotatable bonds is 3. The van der Waals surface area contributed by atoms with Crippen molar-refractivity contribution in [1.29, 1.82) is 0 Å². The third-order valence-electron chi connectivity index (χ3n) is 5.83. The molecule has 6 heteroatoms. The van der Waals surface area contributed by atoms with Gasteiger partial charge in [0.25, 0.3) is 0 Å². The van der Waals surface area contributed by atoms with Crippen LogP contribution in [-0.2, 0) is 22.6 Å². The molecule has 2 aliphatic rings. The van der Waals surface area contributed by atoms with E-state index >= 15 is 0 Å². The topological polar surface area (TPSA) is 58.4 Å². The molecule has 1 fully saturated rings. The number of aryl methyl sites for hydroxylation is 1. The normalized spacial score (nSPS) is 18.9. The molecule has 2 aromatic carbocycles. The first kappa shape index (κ1) is 17.0. The number of anilines is 2. The predicted octanol–water partition coefficient (Wildman–Crippen LogP) is 3.00. The van der Waals surface area contributed by atoms with E-state index in [-0.39, 0.29) is 24.2 Å². The molecule has 0 saturated carbocycles. The zero-order valence-electron chi connectivity index (χ0n) is 15.8. The Bertz CT molecular complexity index is 1090. The monoisotopic (exact) mass is 374 g/mol. The zero-order chi connectivity index (χ0) is 19.3. The summed E-state index contributed by atoms with van der Waals surface area (Å²) in [5.41, 5.74) is 4.01. The summed E-state index contributed by atoms with van der Waals surface area (Å²) >= 11 is 0. The molecule has 6 nitrogen and oxygen atoms in total. The molecule has 0 aliphatic carbocycles. The van der Waals surface area contributed by atoms with Crippen molar-refractivity contribution in [3.8, 4) is 0 Å². The van der Waals surface area contributed by atoms with E-state index < -0.39 is 0 Å². The highest BCUT2D eigenvalue weighted by atomic mass is 16.2. The minimum Gasteiger partial charge on any atom is -0.311 e. The van der Waals surface area contributed by atoms with Gasteiger partial charge in [-0.15, -0.1) is 0 Å². The van der Waals surface area contributed by atoms with Gasteiger partial charge in [-0.1, -0.05) is 37.3 Å². The molecule has 142 valence electrons. The SMILES string of the molecule is CCc1ccccc1N1CC(C(=O)N2CCn3c2nc2ccccc23)CC1=O. The van der Waals surface area contributed by atoms with E-state index in [0.717, 1.165) is 35.2 Å². The Morgan fingerprint density at radius 1 is 1.11 bits per heavy atom. The van der Waals surface area contributed by atoms with Gasteiger partial charge in [-0.05, 0) is 30.2 Å². The highest BCUT2D eigenvalue weighted by Crippen LogP contribution is 2.33. The highest BCUT2D eigenvalue weighted by Gasteiger charge is 2.40. The number of amides is 2. The van der Waals surface area contributed by atoms with Gasteiger partial charge in [0.2, 0.25) is 17.8 Å². The lowest BCUT2D eigenvalue weighted by Crippen LogP contribution is -2.36. The van der Waals surface area contributed by atoms with Crippen LogP contribution in [-0.4, -0.2) is 34.5 Å². The Kier molecular flexibility index (Phi) is 3.93. The number of nitrogens with zero attached hydrogens (tertiary/aromatic N) is 4. The quantitative estimate of drug-likeness (QED) is 0.708. The largest absolute Gasteiger partial charge is 0.311 e. The summed E-state index contributed by atoms with van der Waals surface area (Å²) in [4.78, 5) is 34.1. The van der Waals surface area contributed by atoms with Gasteiger partial charge in [-0.2, -0.15) is 0 Å². The standard InChI is InChI=1S/C22H22N4O2/c1-2-15-7-3-5-9-18(15)26-14-16(13-20(26)27)21(28)25-12-11-24-19-10-6-4-8-17(19)23-22(24)25/h3-10,16H,2,11-14H2,1H3. The molecule has 3 aromatic rings. The molecule has 3 heterocycles. The molecule has 1 saturated heterocycles. The smallest absolute Gasteiger partial charge is 0.234 e. The number of aromatic nitrogens is 2. The third kappa shape index (κ3) is 2.52. The number of imidazole rings is 1. The second-order valence-corrected chi connectivity index (χ2v) is 7.43. The average molecular weight is 374 g/mol. The van der Waals surface area contributed by atoms with Crippen LogP contribution in [0.15, 0.2) is 48.5 Å². The number of para-hydroxylation sites is 3. The number of carbonyl (C=O) groups excluding carboxylic acids is 2. The van der Waals surface area contributed by atoms with Crippen molar-refractivity contribution in [3.63, 3.8) is 0 Å². The van der Waals surface area contributed by atoms with E-state index in [0.29, 0.717) is 19.0 Å². The molecule has 1 atom stereocenters. The molecule has 0 spiro atoms. The maximum atomic E-state index is 13.3. The van der Waals surface area contributed by atoms with Gasteiger partial charge in [-0.25, -0.2) is 4.98 Å². The van der Waals surface area contributed by atoms with Crippen molar-refractivity contribution in [1.82, 2.24) is 9.55 Å². The van der Waals surface area contributed by atoms with Gasteiger partial charge in [0.05, 0.1) is 17.0 Å². The Labute approximate surface area is 163 Å². The Balaban J connectivity index is 1.41. The zero-order valence-corrected chi connectivity index (χ0v) is 15.8. The van der Waals surface area contributed by atoms with Crippen LogP contribution >= 0.6 is 0 Å². The fraction of sp³-hybridized carbons (Fsp3) is 0.318. The van der Waals surface area contributed by atoms with Crippen molar-refractivity contribution >= 4 is 34.5 Å². The molecule has 28 heavy (non-hydrogen) atoms. The lowest BCUT2D eigenvalue weighted by molar-refractivity contribution is -0.124. The molecule has 2 aliphatic heterocycles. The van der Waals surface area contributed by atoms with Crippen LogP contribution in [0.2, 0.25) is 0 Å². The molecule has 0 bridgehead atoms. The van der Waals surface area contributed by atoms with E-state index in [1.807, 2.05) is 48.5 Å². The van der Waals surface area contributed by atoms with Gasteiger partial charge in [-0.3, -0.25) is 14.5 Å². The van der Waals surface area contributed by atoms with Crippen LogP contribution in [0.1, 0.15) is 18.9 Å². The maximum absolute atomic E-state index is 13.3. The number of hydrogen-bond donors (Lipinski definition) is 0. The fourth-order valence-corrected chi connectivity index (χ4v) is 4.40. The average Bonchev–Trinajstić information content (AvgIpc) is 3.40. The molecule has 0 N–H and O–H groups in total. The van der Waals surface area contributed by atoms with Crippen molar-refractivity contribution in [2.45, 2.75) is 26.3 Å². The Morgan fingerprint density at radius 3 is 2.75 bits per heavy atom. The van der Waals surface area contributed by atoms with Crippen LogP contribution in [0.5, 0.6) is 0 Å². The molecule has 2 amide bonds. The minimum absolute atomic E-state index is 0.00103. The summed E-state index contributed by atoms with van der Waals surface area (Å²) in [6.07, 6.45) is 1.11. The second-order valence-electron chi connectivity index (χ2n) is 7.43. The Hall–Kier alpha value is -3.15. The van der Waals surface area contributed by atoms with Crippen molar-refractivity contribution in [3.05, 3.63) is 54.1 Å². The van der Waals surface area contributed by atoms with Crippen molar-refractivity contribution in [2.24, 2.45) is 5.92 Å². The van der Waals surface area contributed by atoms with Gasteiger partial charge in [0.15, 0.2) is 0 Å². The summed E-state index contributed by atoms with van der Waals surface area (Å²) in [5, 5.41) is 0. The third-order valence-corrected chi connectivity index (χ3v) is 5.83. The van der Waals surface area contributed by atoms with Crippen LogP contribution in [0.3, 0.4) is 0 Å². The van der Waals surface area contributed by atoms with Gasteiger partial charge >= 0.3 is 0 Å². The summed E-state index contributed by atoms with van der Waals surface area (Å²) in [7, 11) is 0. The predicted molar refractivity (Wildman–Crippen MR) is 108 cm³/mol. The summed E-state index contributed by atoms with van der Waals surface area (Å²) < 4.78 is 2.09. The van der Waals surface area contributed by atoms with Crippen LogP contribution in [0.25, 0.3) is 11.0 Å². The first-order valence-electron chi connectivity index (χ1n) is 9.82. The Morgan fingerprint density at radius 2 is 1.89 bits per heavy atom. The molecular weight excluding hydrogens is 352 g/mol. The summed E-state index contributed by atoms with van der Waals surface area (Å²) in [5.74, 6) is 0.390. The van der Waals surface area contributed by atoms with Gasteiger partial charge < -0.3 is 9.47 Å². The first-order chi connectivity index (χ1) is 13.7. The number of hydrogen-bond acceptors (Lipinski definition) is 3. The van der Waals surface area contributed by atoms with E-state index in [4.69, 9.17) is 0 Å².